The monoisotopic (exact) mass is 417 g/mol. The molecule has 5 heteroatoms. The molecule has 0 amide bonds. The molecule has 0 aliphatic heterocycles. The second kappa shape index (κ2) is 9.33. The molecule has 31 heavy (non-hydrogen) atoms. The van der Waals surface area contributed by atoms with E-state index in [2.05, 4.69) is 18.2 Å². The highest BCUT2D eigenvalue weighted by molar-refractivity contribution is 5.71. The highest BCUT2D eigenvalue weighted by Gasteiger charge is 2.24. The molecule has 0 heterocycles. The van der Waals surface area contributed by atoms with E-state index in [0.717, 1.165) is 22.3 Å². The first-order chi connectivity index (χ1) is 15.0. The molecule has 1 aliphatic rings. The molecule has 1 fully saturated rings. The number of rotatable bonds is 9. The van der Waals surface area contributed by atoms with Gasteiger partial charge in [0.2, 0.25) is 0 Å². The third-order valence-corrected chi connectivity index (χ3v) is 5.62. The number of benzene rings is 3. The van der Waals surface area contributed by atoms with Gasteiger partial charge < -0.3 is 20.7 Å². The Bertz CT molecular complexity index is 1070. The molecule has 1 atom stereocenters. The molecular weight excluding hydrogens is 390 g/mol. The standard InChI is InChI=1S/C26H27NO4/c27-24(15-28)20-6-3-5-19(12-20)23-11-17(10-22(13-23)18-8-9-18)16-31-25-7-2-1-4-21(25)14-26(29)30/h1-7,10-13,18,24,28H,8-9,14-16,27H2,(H,29,30)/t24-/m1/s1. The highest BCUT2D eigenvalue weighted by Crippen LogP contribution is 2.42. The summed E-state index contributed by atoms with van der Waals surface area (Å²) in [6.45, 7) is 0.264. The molecule has 4 N–H and O–H groups in total. The van der Waals surface area contributed by atoms with Crippen molar-refractivity contribution in [3.8, 4) is 16.9 Å². The molecule has 0 saturated heterocycles. The van der Waals surface area contributed by atoms with Crippen LogP contribution in [0.15, 0.2) is 66.7 Å². The summed E-state index contributed by atoms with van der Waals surface area (Å²) in [4.78, 5) is 11.1. The van der Waals surface area contributed by atoms with Crippen LogP contribution < -0.4 is 10.5 Å². The fraction of sp³-hybridized carbons (Fsp3) is 0.269. The Morgan fingerprint density at radius 1 is 1.03 bits per heavy atom. The molecule has 1 aliphatic carbocycles. The van der Waals surface area contributed by atoms with Gasteiger partial charge in [0.25, 0.3) is 0 Å². The molecule has 3 aromatic carbocycles. The van der Waals surface area contributed by atoms with Gasteiger partial charge in [0, 0.05) is 5.56 Å². The SMILES string of the molecule is N[C@H](CO)c1cccc(-c2cc(COc3ccccc3CC(=O)O)cc(C3CC3)c2)c1. The van der Waals surface area contributed by atoms with Gasteiger partial charge in [-0.25, -0.2) is 0 Å². The summed E-state index contributed by atoms with van der Waals surface area (Å²) in [5.41, 5.74) is 12.1. The Kier molecular flexibility index (Phi) is 6.35. The lowest BCUT2D eigenvalue weighted by molar-refractivity contribution is -0.136. The molecule has 160 valence electrons. The molecule has 0 bridgehead atoms. The zero-order chi connectivity index (χ0) is 21.8. The van der Waals surface area contributed by atoms with E-state index in [1.807, 2.05) is 42.5 Å². The maximum Gasteiger partial charge on any atom is 0.307 e. The molecule has 5 nitrogen and oxygen atoms in total. The van der Waals surface area contributed by atoms with E-state index in [9.17, 15) is 9.90 Å². The zero-order valence-electron chi connectivity index (χ0n) is 17.3. The Balaban J connectivity index is 1.61. The summed E-state index contributed by atoms with van der Waals surface area (Å²) in [6, 6.07) is 21.3. The Morgan fingerprint density at radius 2 is 1.84 bits per heavy atom. The van der Waals surface area contributed by atoms with Crippen molar-refractivity contribution in [1.82, 2.24) is 0 Å². The van der Waals surface area contributed by atoms with E-state index in [0.29, 0.717) is 23.8 Å². The second-order valence-electron chi connectivity index (χ2n) is 8.12. The number of ether oxygens (including phenoxy) is 1. The van der Waals surface area contributed by atoms with Crippen molar-refractivity contribution in [2.45, 2.75) is 37.8 Å². The normalized spacial score (nSPS) is 14.3. The molecule has 4 rings (SSSR count). The van der Waals surface area contributed by atoms with Crippen molar-refractivity contribution < 1.29 is 19.7 Å². The number of hydrogen-bond donors (Lipinski definition) is 3. The highest BCUT2D eigenvalue weighted by atomic mass is 16.5. The van der Waals surface area contributed by atoms with Gasteiger partial charge in [-0.2, -0.15) is 0 Å². The third-order valence-electron chi connectivity index (χ3n) is 5.62. The number of nitrogens with two attached hydrogens (primary N) is 1. The zero-order valence-corrected chi connectivity index (χ0v) is 17.3. The van der Waals surface area contributed by atoms with Crippen molar-refractivity contribution in [1.29, 1.82) is 0 Å². The molecule has 0 spiro atoms. The van der Waals surface area contributed by atoms with Gasteiger partial charge in [-0.15, -0.1) is 0 Å². The van der Waals surface area contributed by atoms with Crippen LogP contribution in [0.2, 0.25) is 0 Å². The van der Waals surface area contributed by atoms with E-state index < -0.39 is 12.0 Å². The fourth-order valence-corrected chi connectivity index (χ4v) is 3.79. The summed E-state index contributed by atoms with van der Waals surface area (Å²) < 4.78 is 6.03. The lowest BCUT2D eigenvalue weighted by atomic mass is 9.95. The number of para-hydroxylation sites is 1. The van der Waals surface area contributed by atoms with Crippen LogP contribution in [-0.4, -0.2) is 22.8 Å². The van der Waals surface area contributed by atoms with Gasteiger partial charge in [0.05, 0.1) is 19.1 Å². The lowest BCUT2D eigenvalue weighted by Gasteiger charge is -2.14. The van der Waals surface area contributed by atoms with E-state index in [4.69, 9.17) is 15.6 Å². The van der Waals surface area contributed by atoms with Gasteiger partial charge in [-0.1, -0.05) is 48.5 Å². The first-order valence-electron chi connectivity index (χ1n) is 10.6. The van der Waals surface area contributed by atoms with Crippen LogP contribution in [0.5, 0.6) is 5.75 Å². The van der Waals surface area contributed by atoms with E-state index in [1.54, 1.807) is 6.07 Å². The van der Waals surface area contributed by atoms with Crippen LogP contribution in [0.1, 0.15) is 47.1 Å². The van der Waals surface area contributed by atoms with Crippen molar-refractivity contribution >= 4 is 5.97 Å². The van der Waals surface area contributed by atoms with Gasteiger partial charge in [-0.05, 0) is 64.8 Å². The average molecular weight is 418 g/mol. The van der Waals surface area contributed by atoms with Gasteiger partial charge in [0.15, 0.2) is 0 Å². The maximum atomic E-state index is 11.1. The molecular formula is C26H27NO4. The summed E-state index contributed by atoms with van der Waals surface area (Å²) in [5.74, 6) is 0.301. The van der Waals surface area contributed by atoms with Crippen molar-refractivity contribution in [2.24, 2.45) is 5.73 Å². The minimum Gasteiger partial charge on any atom is -0.489 e. The van der Waals surface area contributed by atoms with E-state index in [-0.39, 0.29) is 13.0 Å². The number of carboxylic acid groups (broad SMARTS) is 1. The third kappa shape index (κ3) is 5.32. The fourth-order valence-electron chi connectivity index (χ4n) is 3.79. The van der Waals surface area contributed by atoms with Gasteiger partial charge in [-0.3, -0.25) is 4.79 Å². The van der Waals surface area contributed by atoms with Crippen LogP contribution in [0.25, 0.3) is 11.1 Å². The molecule has 0 radical (unpaired) electrons. The Hall–Kier alpha value is -3.15. The number of aliphatic hydroxyl groups excluding tert-OH is 1. The summed E-state index contributed by atoms with van der Waals surface area (Å²) >= 11 is 0. The number of aliphatic carboxylic acids is 1. The topological polar surface area (TPSA) is 92.8 Å². The number of aliphatic hydroxyl groups is 1. The predicted molar refractivity (Wildman–Crippen MR) is 120 cm³/mol. The van der Waals surface area contributed by atoms with Crippen LogP contribution in [-0.2, 0) is 17.8 Å². The van der Waals surface area contributed by atoms with Crippen LogP contribution in [0, 0.1) is 0 Å². The van der Waals surface area contributed by atoms with E-state index in [1.165, 1.54) is 18.4 Å². The molecule has 1 saturated carbocycles. The van der Waals surface area contributed by atoms with E-state index >= 15 is 0 Å². The van der Waals surface area contributed by atoms with Crippen molar-refractivity contribution in [3.05, 3.63) is 89.0 Å². The Labute approximate surface area is 182 Å². The first kappa shape index (κ1) is 21.1. The number of carboxylic acids is 1. The van der Waals surface area contributed by atoms with Crippen molar-refractivity contribution in [3.63, 3.8) is 0 Å². The van der Waals surface area contributed by atoms with Crippen molar-refractivity contribution in [2.75, 3.05) is 6.61 Å². The number of hydrogen-bond acceptors (Lipinski definition) is 4. The number of carbonyl (C=O) groups is 1. The molecule has 0 unspecified atom stereocenters. The smallest absolute Gasteiger partial charge is 0.307 e. The van der Waals surface area contributed by atoms with Crippen LogP contribution >= 0.6 is 0 Å². The maximum absolute atomic E-state index is 11.1. The quantitative estimate of drug-likeness (QED) is 0.479. The Morgan fingerprint density at radius 3 is 2.58 bits per heavy atom. The van der Waals surface area contributed by atoms with Gasteiger partial charge in [0.1, 0.15) is 12.4 Å². The second-order valence-corrected chi connectivity index (χ2v) is 8.12. The average Bonchev–Trinajstić information content (AvgIpc) is 3.63. The predicted octanol–water partition coefficient (Wildman–Crippen LogP) is 4.43. The van der Waals surface area contributed by atoms with Crippen LogP contribution in [0.3, 0.4) is 0 Å². The molecule has 3 aromatic rings. The van der Waals surface area contributed by atoms with Gasteiger partial charge >= 0.3 is 5.97 Å². The summed E-state index contributed by atoms with van der Waals surface area (Å²) in [7, 11) is 0. The summed E-state index contributed by atoms with van der Waals surface area (Å²) in [6.07, 6.45) is 2.32. The summed E-state index contributed by atoms with van der Waals surface area (Å²) in [5, 5.41) is 18.5. The molecule has 0 aromatic heterocycles. The lowest BCUT2D eigenvalue weighted by Crippen LogP contribution is -2.14. The van der Waals surface area contributed by atoms with Crippen LogP contribution in [0.4, 0.5) is 0 Å². The minimum atomic E-state index is -0.880. The largest absolute Gasteiger partial charge is 0.489 e. The minimum absolute atomic E-state index is 0.0680. The first-order valence-corrected chi connectivity index (χ1v) is 10.6.